The molecule has 210 valence electrons. The first-order valence-corrected chi connectivity index (χ1v) is 15.7. The molecule has 0 bridgehead atoms. The van der Waals surface area contributed by atoms with Crippen molar-refractivity contribution in [2.45, 2.75) is 187 Å². The van der Waals surface area contributed by atoms with E-state index in [1.165, 1.54) is 148 Å². The number of carbonyl (C=O) groups excluding carboxylic acids is 1. The number of amides is 1. The van der Waals surface area contributed by atoms with E-state index in [2.05, 4.69) is 12.2 Å². The molecule has 35 heavy (non-hydrogen) atoms. The first kappa shape index (κ1) is 34.4. The Balaban J connectivity index is 3.19. The van der Waals surface area contributed by atoms with Crippen molar-refractivity contribution in [3.8, 4) is 0 Å². The molecule has 2 unspecified atom stereocenters. The van der Waals surface area contributed by atoms with Gasteiger partial charge in [0.1, 0.15) is 0 Å². The summed E-state index contributed by atoms with van der Waals surface area (Å²) in [5.74, 6) is -0.206. The molecule has 2 atom stereocenters. The summed E-state index contributed by atoms with van der Waals surface area (Å²) in [6.45, 7) is 3.50. The number of rotatable bonds is 28. The molecule has 0 aliphatic heterocycles. The lowest BCUT2D eigenvalue weighted by Gasteiger charge is -2.21. The maximum atomic E-state index is 11.1. The van der Waals surface area contributed by atoms with Gasteiger partial charge in [0.25, 0.3) is 0 Å². The summed E-state index contributed by atoms with van der Waals surface area (Å²) in [6, 6.07) is -0.531. The van der Waals surface area contributed by atoms with E-state index in [1.54, 1.807) is 0 Å². The highest BCUT2D eigenvalue weighted by molar-refractivity contribution is 5.73. The molecular weight excluding hydrogens is 434 g/mol. The predicted molar refractivity (Wildman–Crippen MR) is 152 cm³/mol. The molecule has 4 heteroatoms. The molecule has 0 aliphatic carbocycles. The Morgan fingerprint density at radius 1 is 0.571 bits per heavy atom. The maximum Gasteiger partial charge on any atom is 0.217 e. The molecule has 0 rings (SSSR count). The lowest BCUT2D eigenvalue weighted by atomic mass is 10.0. The highest BCUT2D eigenvalue weighted by atomic mass is 16.3. The van der Waals surface area contributed by atoms with Crippen LogP contribution in [0.4, 0.5) is 0 Å². The summed E-state index contributed by atoms with van der Waals surface area (Å²) < 4.78 is 0. The number of unbranched alkanes of at least 4 members (excludes halogenated alkanes) is 23. The van der Waals surface area contributed by atoms with Gasteiger partial charge in [-0.2, -0.15) is 0 Å². The van der Waals surface area contributed by atoms with Crippen molar-refractivity contribution in [1.29, 1.82) is 0 Å². The summed E-state index contributed by atoms with van der Waals surface area (Å²) >= 11 is 0. The third-order valence-corrected chi connectivity index (χ3v) is 7.40. The van der Waals surface area contributed by atoms with E-state index >= 15 is 0 Å². The quantitative estimate of drug-likeness (QED) is 0.0947. The minimum absolute atomic E-state index is 0.206. The van der Waals surface area contributed by atoms with Gasteiger partial charge in [0.2, 0.25) is 5.91 Å². The van der Waals surface area contributed by atoms with Crippen LogP contribution in [0.5, 0.6) is 0 Å². The molecule has 0 aliphatic rings. The molecule has 0 saturated heterocycles. The minimum atomic E-state index is -0.649. The smallest absolute Gasteiger partial charge is 0.217 e. The van der Waals surface area contributed by atoms with Gasteiger partial charge in [-0.25, -0.2) is 0 Å². The fourth-order valence-electron chi connectivity index (χ4n) is 5.04. The third-order valence-electron chi connectivity index (χ3n) is 7.40. The van der Waals surface area contributed by atoms with Gasteiger partial charge in [0, 0.05) is 6.92 Å². The third kappa shape index (κ3) is 26.3. The van der Waals surface area contributed by atoms with Crippen LogP contribution in [-0.4, -0.2) is 34.9 Å². The number of hydrogen-bond acceptors (Lipinski definition) is 3. The number of nitrogens with one attached hydrogen (secondary N) is 1. The Morgan fingerprint density at radius 3 is 1.11 bits per heavy atom. The molecule has 0 saturated carbocycles. The predicted octanol–water partition coefficient (Wildman–Crippen LogP) is 8.62. The van der Waals surface area contributed by atoms with Gasteiger partial charge >= 0.3 is 0 Å². The van der Waals surface area contributed by atoms with Crippen molar-refractivity contribution < 1.29 is 15.0 Å². The zero-order valence-electron chi connectivity index (χ0n) is 23.8. The number of hydrogen-bond donors (Lipinski definition) is 3. The van der Waals surface area contributed by atoms with Gasteiger partial charge in [0.05, 0.1) is 18.8 Å². The van der Waals surface area contributed by atoms with Crippen molar-refractivity contribution >= 4 is 5.91 Å². The number of aliphatic hydroxyl groups is 2. The fraction of sp³-hybridized carbons (Fsp3) is 0.968. The SMILES string of the molecule is CCCCCCCCCCCCCCCCCCCCCCCCCCC(O)C(CO)NC(C)=O. The molecular formula is C31H63NO3. The van der Waals surface area contributed by atoms with Crippen molar-refractivity contribution in [3.63, 3.8) is 0 Å². The van der Waals surface area contributed by atoms with Crippen LogP contribution in [0, 0.1) is 0 Å². The van der Waals surface area contributed by atoms with Crippen molar-refractivity contribution in [2.75, 3.05) is 6.61 Å². The van der Waals surface area contributed by atoms with E-state index in [0.717, 1.165) is 12.8 Å². The van der Waals surface area contributed by atoms with Crippen molar-refractivity contribution in [1.82, 2.24) is 5.32 Å². The molecule has 0 aromatic carbocycles. The van der Waals surface area contributed by atoms with Gasteiger partial charge in [0.15, 0.2) is 0 Å². The summed E-state index contributed by atoms with van der Waals surface area (Å²) in [5.41, 5.74) is 0. The standard InChI is InChI=1S/C31H63NO3/c1-3-4-5-6-7-8-9-10-11-12-13-14-15-16-17-18-19-20-21-22-23-24-25-26-27-31(35)30(28-33)32-29(2)34/h30-31,33,35H,3-28H2,1-2H3,(H,32,34). The molecule has 0 fully saturated rings. The molecule has 0 heterocycles. The topological polar surface area (TPSA) is 69.6 Å². The molecule has 0 aromatic rings. The Morgan fingerprint density at radius 2 is 0.857 bits per heavy atom. The summed E-state index contributed by atoms with van der Waals surface area (Å²) in [7, 11) is 0. The van der Waals surface area contributed by atoms with Crippen LogP contribution in [0.25, 0.3) is 0 Å². The van der Waals surface area contributed by atoms with E-state index in [1.807, 2.05) is 0 Å². The Hall–Kier alpha value is -0.610. The normalized spacial score (nSPS) is 13.1. The van der Waals surface area contributed by atoms with Crippen molar-refractivity contribution in [2.24, 2.45) is 0 Å². The van der Waals surface area contributed by atoms with Gasteiger partial charge in [-0.15, -0.1) is 0 Å². The van der Waals surface area contributed by atoms with Gasteiger partial charge in [-0.1, -0.05) is 161 Å². The Bertz CT molecular complexity index is 429. The summed E-state index contributed by atoms with van der Waals surface area (Å²) in [4.78, 5) is 11.1. The molecule has 0 aromatic heterocycles. The second kappa shape index (κ2) is 28.0. The minimum Gasteiger partial charge on any atom is -0.394 e. The summed E-state index contributed by atoms with van der Waals surface area (Å²) in [6.07, 6.45) is 33.1. The number of carbonyl (C=O) groups is 1. The van der Waals surface area contributed by atoms with Crippen LogP contribution in [0.15, 0.2) is 0 Å². The van der Waals surface area contributed by atoms with Crippen LogP contribution in [0.1, 0.15) is 174 Å². The van der Waals surface area contributed by atoms with E-state index in [0.29, 0.717) is 6.42 Å². The van der Waals surface area contributed by atoms with Gasteiger partial charge < -0.3 is 15.5 Å². The van der Waals surface area contributed by atoms with Crippen LogP contribution < -0.4 is 5.32 Å². The maximum absolute atomic E-state index is 11.1. The second-order valence-corrected chi connectivity index (χ2v) is 11.0. The highest BCUT2D eigenvalue weighted by Gasteiger charge is 2.18. The average molecular weight is 498 g/mol. The fourth-order valence-corrected chi connectivity index (χ4v) is 5.04. The van der Waals surface area contributed by atoms with E-state index in [4.69, 9.17) is 0 Å². The van der Waals surface area contributed by atoms with Gasteiger partial charge in [-0.05, 0) is 6.42 Å². The lowest BCUT2D eigenvalue weighted by Crippen LogP contribution is -2.44. The van der Waals surface area contributed by atoms with E-state index < -0.39 is 12.1 Å². The molecule has 4 nitrogen and oxygen atoms in total. The average Bonchev–Trinajstić information content (AvgIpc) is 2.84. The molecule has 3 N–H and O–H groups in total. The molecule has 0 radical (unpaired) electrons. The van der Waals surface area contributed by atoms with E-state index in [9.17, 15) is 15.0 Å². The van der Waals surface area contributed by atoms with Crippen molar-refractivity contribution in [3.05, 3.63) is 0 Å². The first-order valence-electron chi connectivity index (χ1n) is 15.7. The zero-order chi connectivity index (χ0) is 25.8. The summed E-state index contributed by atoms with van der Waals surface area (Å²) in [5, 5.41) is 21.9. The zero-order valence-corrected chi connectivity index (χ0v) is 23.8. The second-order valence-electron chi connectivity index (χ2n) is 11.0. The van der Waals surface area contributed by atoms with Crippen LogP contribution >= 0.6 is 0 Å². The Labute approximate surface area is 219 Å². The van der Waals surface area contributed by atoms with Crippen LogP contribution in [0.3, 0.4) is 0 Å². The van der Waals surface area contributed by atoms with Gasteiger partial charge in [-0.3, -0.25) is 4.79 Å². The highest BCUT2D eigenvalue weighted by Crippen LogP contribution is 2.16. The molecule has 1 amide bonds. The van der Waals surface area contributed by atoms with Crippen LogP contribution in [0.2, 0.25) is 0 Å². The number of aliphatic hydroxyl groups excluding tert-OH is 2. The van der Waals surface area contributed by atoms with Crippen LogP contribution in [-0.2, 0) is 4.79 Å². The largest absolute Gasteiger partial charge is 0.394 e. The monoisotopic (exact) mass is 497 g/mol. The lowest BCUT2D eigenvalue weighted by molar-refractivity contribution is -0.121. The molecule has 0 spiro atoms. The van der Waals surface area contributed by atoms with E-state index in [-0.39, 0.29) is 12.5 Å². The Kier molecular flexibility index (Phi) is 27.5. The first-order chi connectivity index (χ1) is 17.1.